The van der Waals surface area contributed by atoms with Crippen LogP contribution in [0.5, 0.6) is 0 Å². The molecular formula is C24H25N5O2. The number of H-pyrrole nitrogens is 1. The highest BCUT2D eigenvalue weighted by Gasteiger charge is 2.29. The van der Waals surface area contributed by atoms with Crippen LogP contribution in [0.3, 0.4) is 0 Å². The van der Waals surface area contributed by atoms with Gasteiger partial charge in [-0.05, 0) is 57.9 Å². The minimum Gasteiger partial charge on any atom is -0.456 e. The summed E-state index contributed by atoms with van der Waals surface area (Å²) >= 11 is 0. The molecule has 0 bridgehead atoms. The number of hydrogen-bond donors (Lipinski definition) is 1. The van der Waals surface area contributed by atoms with E-state index in [9.17, 15) is 4.79 Å². The van der Waals surface area contributed by atoms with Crippen molar-refractivity contribution in [3.8, 4) is 23.3 Å². The molecule has 2 heterocycles. The number of aromatic amines is 1. The van der Waals surface area contributed by atoms with E-state index in [4.69, 9.17) is 15.3 Å². The van der Waals surface area contributed by atoms with Crippen LogP contribution in [-0.4, -0.2) is 26.3 Å². The smallest absolute Gasteiger partial charge is 0.341 e. The molecule has 0 amide bonds. The van der Waals surface area contributed by atoms with Crippen molar-refractivity contribution >= 4 is 5.97 Å². The maximum atomic E-state index is 13.3. The fourth-order valence-electron chi connectivity index (χ4n) is 3.66. The summed E-state index contributed by atoms with van der Waals surface area (Å²) in [5.41, 5.74) is 4.88. The van der Waals surface area contributed by atoms with Gasteiger partial charge in [0.25, 0.3) is 0 Å². The topological polar surface area (TPSA) is 107 Å². The number of carbonyl (C=O) groups is 1. The van der Waals surface area contributed by atoms with Gasteiger partial charge >= 0.3 is 5.97 Å². The van der Waals surface area contributed by atoms with Gasteiger partial charge in [-0.25, -0.2) is 4.79 Å². The number of aromatic nitrogens is 3. The van der Waals surface area contributed by atoms with Crippen molar-refractivity contribution in [2.75, 3.05) is 0 Å². The van der Waals surface area contributed by atoms with E-state index < -0.39 is 5.60 Å². The van der Waals surface area contributed by atoms with Gasteiger partial charge in [0.05, 0.1) is 29.4 Å². The minimum atomic E-state index is -0.635. The Bertz CT molecular complexity index is 1200. The second-order valence-electron chi connectivity index (χ2n) is 8.30. The molecule has 0 unspecified atom stereocenters. The predicted octanol–water partition coefficient (Wildman–Crippen LogP) is 4.50. The Labute approximate surface area is 181 Å². The number of esters is 1. The SMILES string of the molecule is CCc1c(C(=O)OC(C)(C)C)c(-c2ccc(C#N)cc2)c(C)n1Cc1cc(C#N)[nH]n1. The van der Waals surface area contributed by atoms with Gasteiger partial charge < -0.3 is 9.30 Å². The third-order valence-electron chi connectivity index (χ3n) is 4.94. The van der Waals surface area contributed by atoms with Crippen LogP contribution in [0.4, 0.5) is 0 Å². The fourth-order valence-corrected chi connectivity index (χ4v) is 3.66. The van der Waals surface area contributed by atoms with Crippen LogP contribution in [0.25, 0.3) is 11.1 Å². The molecule has 0 spiro atoms. The molecule has 3 rings (SSSR count). The van der Waals surface area contributed by atoms with Crippen molar-refractivity contribution in [2.24, 2.45) is 0 Å². The average Bonchev–Trinajstić information content (AvgIpc) is 3.29. The second-order valence-corrected chi connectivity index (χ2v) is 8.30. The first-order valence-corrected chi connectivity index (χ1v) is 10.1. The van der Waals surface area contributed by atoms with Gasteiger partial charge in [0.15, 0.2) is 0 Å². The van der Waals surface area contributed by atoms with Crippen LogP contribution < -0.4 is 0 Å². The maximum Gasteiger partial charge on any atom is 0.341 e. The van der Waals surface area contributed by atoms with E-state index in [-0.39, 0.29) is 5.97 Å². The third kappa shape index (κ3) is 4.51. The first kappa shape index (κ1) is 21.9. The summed E-state index contributed by atoms with van der Waals surface area (Å²) in [4.78, 5) is 13.3. The zero-order chi connectivity index (χ0) is 22.8. The van der Waals surface area contributed by atoms with Crippen molar-refractivity contribution in [1.82, 2.24) is 14.8 Å². The van der Waals surface area contributed by atoms with Gasteiger partial charge in [-0.1, -0.05) is 19.1 Å². The minimum absolute atomic E-state index is 0.384. The summed E-state index contributed by atoms with van der Waals surface area (Å²) in [5.74, 6) is -0.384. The van der Waals surface area contributed by atoms with E-state index in [1.165, 1.54) is 0 Å². The molecule has 158 valence electrons. The summed E-state index contributed by atoms with van der Waals surface area (Å²) in [7, 11) is 0. The number of rotatable bonds is 5. The summed E-state index contributed by atoms with van der Waals surface area (Å²) in [6.07, 6.45) is 0.612. The molecule has 0 radical (unpaired) electrons. The van der Waals surface area contributed by atoms with Crippen LogP contribution in [0.1, 0.15) is 66.4 Å². The Hall–Kier alpha value is -3.84. The van der Waals surface area contributed by atoms with E-state index in [0.717, 1.165) is 22.5 Å². The quantitative estimate of drug-likeness (QED) is 0.618. The molecule has 0 fully saturated rings. The van der Waals surface area contributed by atoms with E-state index in [2.05, 4.69) is 16.3 Å². The summed E-state index contributed by atoms with van der Waals surface area (Å²) in [6, 6.07) is 13.0. The Morgan fingerprint density at radius 1 is 1.19 bits per heavy atom. The average molecular weight is 415 g/mol. The van der Waals surface area contributed by atoms with Crippen molar-refractivity contribution in [1.29, 1.82) is 10.5 Å². The summed E-state index contributed by atoms with van der Waals surface area (Å²) in [5, 5.41) is 25.1. The molecule has 7 nitrogen and oxygen atoms in total. The van der Waals surface area contributed by atoms with Crippen LogP contribution in [0, 0.1) is 29.6 Å². The second kappa shape index (κ2) is 8.49. The Morgan fingerprint density at radius 2 is 1.87 bits per heavy atom. The lowest BCUT2D eigenvalue weighted by atomic mass is 9.98. The van der Waals surface area contributed by atoms with Crippen LogP contribution >= 0.6 is 0 Å². The normalized spacial score (nSPS) is 11.1. The first-order chi connectivity index (χ1) is 14.7. The Morgan fingerprint density at radius 3 is 2.39 bits per heavy atom. The predicted molar refractivity (Wildman–Crippen MR) is 116 cm³/mol. The molecule has 0 saturated carbocycles. The van der Waals surface area contributed by atoms with Gasteiger partial charge in [-0.2, -0.15) is 15.6 Å². The third-order valence-corrected chi connectivity index (χ3v) is 4.94. The van der Waals surface area contributed by atoms with Crippen molar-refractivity contribution < 1.29 is 9.53 Å². The number of nitriles is 2. The Kier molecular flexibility index (Phi) is 5.99. The van der Waals surface area contributed by atoms with Gasteiger partial charge in [-0.3, -0.25) is 5.10 Å². The largest absolute Gasteiger partial charge is 0.456 e. The summed E-state index contributed by atoms with van der Waals surface area (Å²) in [6.45, 7) is 9.89. The monoisotopic (exact) mass is 415 g/mol. The number of ether oxygens (including phenoxy) is 1. The molecule has 1 aromatic carbocycles. The molecule has 0 aliphatic heterocycles. The lowest BCUT2D eigenvalue weighted by Gasteiger charge is -2.20. The van der Waals surface area contributed by atoms with Gasteiger partial charge in [0.1, 0.15) is 17.4 Å². The number of nitrogens with zero attached hydrogens (tertiary/aromatic N) is 4. The van der Waals surface area contributed by atoms with E-state index >= 15 is 0 Å². The van der Waals surface area contributed by atoms with Crippen LogP contribution in [0.15, 0.2) is 30.3 Å². The number of hydrogen-bond acceptors (Lipinski definition) is 5. The number of benzene rings is 1. The van der Waals surface area contributed by atoms with Crippen molar-refractivity contribution in [2.45, 2.75) is 53.2 Å². The first-order valence-electron chi connectivity index (χ1n) is 10.1. The van der Waals surface area contributed by atoms with E-state index in [0.29, 0.717) is 35.5 Å². The molecule has 7 heteroatoms. The van der Waals surface area contributed by atoms with Crippen molar-refractivity contribution in [3.63, 3.8) is 0 Å². The molecule has 0 aliphatic carbocycles. The Balaban J connectivity index is 2.21. The van der Waals surface area contributed by atoms with Crippen LogP contribution in [0.2, 0.25) is 0 Å². The van der Waals surface area contributed by atoms with Gasteiger partial charge in [0.2, 0.25) is 0 Å². The zero-order valence-electron chi connectivity index (χ0n) is 18.4. The standard InChI is InChI=1S/C24H25N5O2/c1-6-20-22(23(30)31-24(3,4)5)21(17-9-7-16(12-25)8-10-17)15(2)29(20)14-19-11-18(13-26)27-28-19/h7-11H,6,14H2,1-5H3,(H,27,28). The molecule has 2 aromatic heterocycles. The highest BCUT2D eigenvalue weighted by atomic mass is 16.6. The molecule has 1 N–H and O–H groups in total. The zero-order valence-corrected chi connectivity index (χ0v) is 18.4. The van der Waals surface area contributed by atoms with E-state index in [1.807, 2.05) is 57.4 Å². The molecule has 31 heavy (non-hydrogen) atoms. The number of nitrogens with one attached hydrogen (secondary N) is 1. The lowest BCUT2D eigenvalue weighted by molar-refractivity contribution is 0.00691. The van der Waals surface area contributed by atoms with Gasteiger partial charge in [-0.15, -0.1) is 0 Å². The molecule has 3 aromatic rings. The highest BCUT2D eigenvalue weighted by Crippen LogP contribution is 2.35. The van der Waals surface area contributed by atoms with Gasteiger partial charge in [0, 0.05) is 17.0 Å². The number of carbonyl (C=O) groups excluding carboxylic acids is 1. The molecule has 0 atom stereocenters. The molecular weight excluding hydrogens is 390 g/mol. The van der Waals surface area contributed by atoms with Crippen LogP contribution in [-0.2, 0) is 17.7 Å². The van der Waals surface area contributed by atoms with Crippen molar-refractivity contribution in [3.05, 3.63) is 64.2 Å². The summed E-state index contributed by atoms with van der Waals surface area (Å²) < 4.78 is 7.79. The maximum absolute atomic E-state index is 13.3. The lowest BCUT2D eigenvalue weighted by Crippen LogP contribution is -2.24. The molecule has 0 aliphatic rings. The van der Waals surface area contributed by atoms with E-state index in [1.54, 1.807) is 18.2 Å². The fraction of sp³-hybridized carbons (Fsp3) is 0.333. The highest BCUT2D eigenvalue weighted by molar-refractivity contribution is 6.00. The molecule has 0 saturated heterocycles.